The lowest BCUT2D eigenvalue weighted by molar-refractivity contribution is 0.476. The summed E-state index contributed by atoms with van der Waals surface area (Å²) in [7, 11) is 0. The molecule has 4 nitrogen and oxygen atoms in total. The summed E-state index contributed by atoms with van der Waals surface area (Å²) in [5, 5.41) is 32.4. The molecule has 30 heavy (non-hydrogen) atoms. The Hall–Kier alpha value is -4.18. The highest BCUT2D eigenvalue weighted by atomic mass is 16.3. The normalized spacial score (nSPS) is 11.6. The van der Waals surface area contributed by atoms with Crippen LogP contribution in [0.4, 0.5) is 0 Å². The van der Waals surface area contributed by atoms with Crippen LogP contribution in [0, 0.1) is 0 Å². The molecule has 142 valence electrons. The van der Waals surface area contributed by atoms with Crippen molar-refractivity contribution < 1.29 is 10.2 Å². The second-order valence-corrected chi connectivity index (χ2v) is 7.39. The molecule has 0 fully saturated rings. The Bertz CT molecular complexity index is 1370. The number of para-hydroxylation sites is 2. The maximum atomic E-state index is 10.5. The Morgan fingerprint density at radius 1 is 0.467 bits per heavy atom. The van der Waals surface area contributed by atoms with Crippen LogP contribution in [0.25, 0.3) is 55.5 Å². The number of phenolic OH excluding ortho intramolecular Hbond substituents is 2. The number of aromatic nitrogens is 2. The minimum absolute atomic E-state index is 0.160. The number of phenols is 2. The van der Waals surface area contributed by atoms with E-state index in [0.29, 0.717) is 22.5 Å². The van der Waals surface area contributed by atoms with Gasteiger partial charge in [-0.25, -0.2) is 0 Å². The predicted octanol–water partition coefficient (Wildman–Crippen LogP) is 6.02. The van der Waals surface area contributed by atoms with Crippen molar-refractivity contribution in [3.63, 3.8) is 0 Å². The zero-order chi connectivity index (χ0) is 20.2. The van der Waals surface area contributed by atoms with Gasteiger partial charge in [0.25, 0.3) is 0 Å². The molecule has 4 heteroatoms. The summed E-state index contributed by atoms with van der Waals surface area (Å²) in [6.45, 7) is 0. The number of hydrogen-bond donors (Lipinski definition) is 2. The first-order valence-corrected chi connectivity index (χ1v) is 9.74. The number of fused-ring (bicyclic) bond motifs is 3. The van der Waals surface area contributed by atoms with Gasteiger partial charge >= 0.3 is 0 Å². The first kappa shape index (κ1) is 16.7. The lowest BCUT2D eigenvalue weighted by Crippen LogP contribution is -1.98. The predicted molar refractivity (Wildman–Crippen MR) is 118 cm³/mol. The molecule has 0 saturated carbocycles. The van der Waals surface area contributed by atoms with Crippen LogP contribution in [0.5, 0.6) is 11.5 Å². The van der Waals surface area contributed by atoms with E-state index in [-0.39, 0.29) is 11.5 Å². The highest BCUT2D eigenvalue weighted by Gasteiger charge is 2.30. The summed E-state index contributed by atoms with van der Waals surface area (Å²) in [4.78, 5) is 0. The number of benzene rings is 4. The van der Waals surface area contributed by atoms with E-state index in [1.165, 1.54) is 0 Å². The molecule has 0 atom stereocenters. The maximum Gasteiger partial charge on any atom is 0.125 e. The third-order valence-corrected chi connectivity index (χ3v) is 5.74. The Kier molecular flexibility index (Phi) is 3.44. The van der Waals surface area contributed by atoms with Crippen molar-refractivity contribution in [2.75, 3.05) is 0 Å². The minimum atomic E-state index is 0.160. The van der Waals surface area contributed by atoms with E-state index in [0.717, 1.165) is 33.0 Å². The van der Waals surface area contributed by atoms with E-state index in [1.807, 2.05) is 36.4 Å². The van der Waals surface area contributed by atoms with E-state index in [4.69, 9.17) is 0 Å². The first-order chi connectivity index (χ1) is 14.7. The molecule has 0 spiro atoms. The van der Waals surface area contributed by atoms with Gasteiger partial charge in [-0.1, -0.05) is 60.7 Å². The van der Waals surface area contributed by atoms with Crippen LogP contribution in [0.3, 0.4) is 0 Å². The molecule has 2 N–H and O–H groups in total. The molecular weight excluding hydrogens is 372 g/mol. The van der Waals surface area contributed by atoms with E-state index in [9.17, 15) is 10.2 Å². The van der Waals surface area contributed by atoms with Gasteiger partial charge in [0, 0.05) is 22.3 Å². The summed E-state index contributed by atoms with van der Waals surface area (Å²) < 4.78 is 0. The standard InChI is InChI=1S/C26H16N2O2/c29-20-13-3-1-9-16(20)25-23-18-11-5-7-15-8-6-12-19(22(15)18)24(23)26(28-27-25)17-10-2-4-14-21(17)30/h1-14,29-30H. The molecule has 1 aromatic heterocycles. The van der Waals surface area contributed by atoms with Crippen molar-refractivity contribution >= 4 is 10.8 Å². The highest BCUT2D eigenvalue weighted by molar-refractivity contribution is 6.20. The topological polar surface area (TPSA) is 66.2 Å². The van der Waals surface area contributed by atoms with Crippen LogP contribution in [0.15, 0.2) is 84.9 Å². The van der Waals surface area contributed by atoms with Crippen molar-refractivity contribution in [2.45, 2.75) is 0 Å². The van der Waals surface area contributed by atoms with Crippen LogP contribution in [0.2, 0.25) is 0 Å². The summed E-state index contributed by atoms with van der Waals surface area (Å²) in [6, 6.07) is 26.8. The molecule has 1 aliphatic carbocycles. The van der Waals surface area contributed by atoms with Crippen molar-refractivity contribution in [3.05, 3.63) is 84.9 Å². The van der Waals surface area contributed by atoms with Crippen molar-refractivity contribution in [2.24, 2.45) is 0 Å². The quantitative estimate of drug-likeness (QED) is 0.380. The third kappa shape index (κ3) is 2.22. The van der Waals surface area contributed by atoms with E-state index < -0.39 is 0 Å². The second kappa shape index (κ2) is 6.16. The van der Waals surface area contributed by atoms with E-state index in [2.05, 4.69) is 34.5 Å². The molecule has 1 aliphatic rings. The van der Waals surface area contributed by atoms with Crippen LogP contribution in [-0.2, 0) is 0 Å². The average Bonchev–Trinajstić information content (AvgIpc) is 3.11. The van der Waals surface area contributed by atoms with Crippen LogP contribution < -0.4 is 0 Å². The summed E-state index contributed by atoms with van der Waals surface area (Å²) in [5.74, 6) is 0.319. The highest BCUT2D eigenvalue weighted by Crippen LogP contribution is 2.54. The fourth-order valence-corrected chi connectivity index (χ4v) is 4.44. The Labute approximate surface area is 172 Å². The smallest absolute Gasteiger partial charge is 0.125 e. The number of hydrogen-bond acceptors (Lipinski definition) is 4. The van der Waals surface area contributed by atoms with Crippen LogP contribution in [-0.4, -0.2) is 20.4 Å². The van der Waals surface area contributed by atoms with Gasteiger partial charge in [-0.2, -0.15) is 0 Å². The largest absolute Gasteiger partial charge is 0.507 e. The molecule has 0 unspecified atom stereocenters. The van der Waals surface area contributed by atoms with E-state index >= 15 is 0 Å². The van der Waals surface area contributed by atoms with Gasteiger partial charge in [0.1, 0.15) is 22.9 Å². The molecule has 0 amide bonds. The number of rotatable bonds is 2. The Balaban J connectivity index is 1.79. The molecule has 1 heterocycles. The van der Waals surface area contributed by atoms with Crippen molar-refractivity contribution in [3.8, 4) is 56.3 Å². The van der Waals surface area contributed by atoms with Crippen molar-refractivity contribution in [1.29, 1.82) is 0 Å². The molecular formula is C26H16N2O2. The summed E-state index contributed by atoms with van der Waals surface area (Å²) >= 11 is 0. The minimum Gasteiger partial charge on any atom is -0.507 e. The summed E-state index contributed by atoms with van der Waals surface area (Å²) in [5.41, 5.74) is 6.50. The Morgan fingerprint density at radius 3 is 1.37 bits per heavy atom. The van der Waals surface area contributed by atoms with Crippen LogP contribution in [0.1, 0.15) is 0 Å². The van der Waals surface area contributed by atoms with E-state index in [1.54, 1.807) is 24.3 Å². The first-order valence-electron chi connectivity index (χ1n) is 9.74. The SMILES string of the molecule is Oc1ccccc1-c1nnc(-c2ccccc2O)c2c1-c1cccc3cccc-2c13. The lowest BCUT2D eigenvalue weighted by Gasteiger charge is -2.14. The number of aromatic hydroxyl groups is 2. The van der Waals surface area contributed by atoms with Gasteiger partial charge in [0.05, 0.1) is 0 Å². The third-order valence-electron chi connectivity index (χ3n) is 5.74. The average molecular weight is 388 g/mol. The fraction of sp³-hybridized carbons (Fsp3) is 0. The number of nitrogens with zero attached hydrogens (tertiary/aromatic N) is 2. The second-order valence-electron chi connectivity index (χ2n) is 7.39. The Morgan fingerprint density at radius 2 is 0.900 bits per heavy atom. The van der Waals surface area contributed by atoms with Gasteiger partial charge in [-0.15, -0.1) is 10.2 Å². The molecule has 0 aliphatic heterocycles. The summed E-state index contributed by atoms with van der Waals surface area (Å²) in [6.07, 6.45) is 0. The van der Waals surface area contributed by atoms with Crippen LogP contribution >= 0.6 is 0 Å². The molecule has 5 aromatic rings. The molecule has 4 aromatic carbocycles. The molecule has 0 bridgehead atoms. The monoisotopic (exact) mass is 388 g/mol. The van der Waals surface area contributed by atoms with Gasteiger partial charge in [-0.3, -0.25) is 0 Å². The van der Waals surface area contributed by atoms with Gasteiger partial charge in [-0.05, 0) is 46.2 Å². The zero-order valence-corrected chi connectivity index (χ0v) is 15.9. The van der Waals surface area contributed by atoms with Gasteiger partial charge in [0.2, 0.25) is 0 Å². The molecule has 6 rings (SSSR count). The van der Waals surface area contributed by atoms with Crippen molar-refractivity contribution in [1.82, 2.24) is 10.2 Å². The maximum absolute atomic E-state index is 10.5. The van der Waals surface area contributed by atoms with Gasteiger partial charge in [0.15, 0.2) is 0 Å². The fourth-order valence-electron chi connectivity index (χ4n) is 4.44. The molecule has 0 radical (unpaired) electrons. The molecule has 0 saturated heterocycles. The lowest BCUT2D eigenvalue weighted by atomic mass is 9.94. The van der Waals surface area contributed by atoms with Gasteiger partial charge < -0.3 is 10.2 Å². The zero-order valence-electron chi connectivity index (χ0n) is 15.9.